The first-order valence-corrected chi connectivity index (χ1v) is 7.47. The molecule has 1 aliphatic heterocycles. The first kappa shape index (κ1) is 15.6. The van der Waals surface area contributed by atoms with Crippen LogP contribution in [-0.2, 0) is 4.79 Å². The highest BCUT2D eigenvalue weighted by Gasteiger charge is 2.29. The molecule has 2 unspecified atom stereocenters. The zero-order valence-electron chi connectivity index (χ0n) is 12.7. The van der Waals surface area contributed by atoms with Gasteiger partial charge in [-0.25, -0.2) is 0 Å². The summed E-state index contributed by atoms with van der Waals surface area (Å²) in [4.78, 5) is 14.4. The lowest BCUT2D eigenvalue weighted by molar-refractivity contribution is -0.141. The van der Waals surface area contributed by atoms with Crippen LogP contribution in [-0.4, -0.2) is 43.2 Å². The third kappa shape index (κ3) is 3.88. The molecule has 0 aromatic heterocycles. The molecule has 0 spiro atoms. The Hall–Kier alpha value is -1.75. The molecule has 2 atom stereocenters. The molecule has 1 aromatic carbocycles. The van der Waals surface area contributed by atoms with Crippen LogP contribution in [0.1, 0.15) is 26.2 Å². The second-order valence-electron chi connectivity index (χ2n) is 5.35. The molecule has 116 valence electrons. The Labute approximate surface area is 126 Å². The second kappa shape index (κ2) is 7.31. The van der Waals surface area contributed by atoms with E-state index in [1.807, 2.05) is 17.0 Å². The number of hydrogen-bond donors (Lipinski definition) is 1. The zero-order valence-corrected chi connectivity index (χ0v) is 12.7. The molecule has 1 saturated heterocycles. The third-order valence-corrected chi connectivity index (χ3v) is 3.90. The Balaban J connectivity index is 1.97. The van der Waals surface area contributed by atoms with Crippen molar-refractivity contribution >= 4 is 5.91 Å². The minimum atomic E-state index is -0.509. The lowest BCUT2D eigenvalue weighted by atomic mass is 10.0. The minimum absolute atomic E-state index is 0.0148. The summed E-state index contributed by atoms with van der Waals surface area (Å²) in [7, 11) is 1.62. The number of methoxy groups -OCH3 is 1. The maximum atomic E-state index is 12.5. The van der Waals surface area contributed by atoms with E-state index in [0.29, 0.717) is 12.3 Å². The molecule has 1 heterocycles. The largest absolute Gasteiger partial charge is 0.497 e. The van der Waals surface area contributed by atoms with Gasteiger partial charge in [-0.05, 0) is 50.5 Å². The summed E-state index contributed by atoms with van der Waals surface area (Å²) in [5.41, 5.74) is 5.77. The highest BCUT2D eigenvalue weighted by Crippen LogP contribution is 2.21. The molecule has 2 rings (SSSR count). The van der Waals surface area contributed by atoms with Crippen molar-refractivity contribution in [2.24, 2.45) is 5.73 Å². The number of benzene rings is 1. The van der Waals surface area contributed by atoms with E-state index in [9.17, 15) is 4.79 Å². The van der Waals surface area contributed by atoms with Crippen LogP contribution in [0.4, 0.5) is 0 Å². The molecule has 1 fully saturated rings. The molecule has 1 amide bonds. The van der Waals surface area contributed by atoms with Crippen LogP contribution in [0.3, 0.4) is 0 Å². The normalized spacial score (nSPS) is 20.0. The smallest absolute Gasteiger partial charge is 0.263 e. The van der Waals surface area contributed by atoms with Gasteiger partial charge in [-0.1, -0.05) is 0 Å². The van der Waals surface area contributed by atoms with E-state index in [4.69, 9.17) is 15.2 Å². The molecular weight excluding hydrogens is 268 g/mol. The molecule has 1 aromatic rings. The fourth-order valence-electron chi connectivity index (χ4n) is 2.68. The fraction of sp³-hybridized carbons (Fsp3) is 0.562. The van der Waals surface area contributed by atoms with Crippen molar-refractivity contribution in [3.8, 4) is 11.5 Å². The maximum absolute atomic E-state index is 12.5. The van der Waals surface area contributed by atoms with Gasteiger partial charge in [0.05, 0.1) is 7.11 Å². The van der Waals surface area contributed by atoms with Gasteiger partial charge in [-0.15, -0.1) is 0 Å². The van der Waals surface area contributed by atoms with Crippen molar-refractivity contribution in [2.45, 2.75) is 38.3 Å². The standard InChI is InChI=1S/C16H24N2O3/c1-12(21-15-8-6-14(20-2)7-9-15)16(19)18-10-4-3-5-13(18)11-17/h6-9,12-13H,3-5,10-11,17H2,1-2H3. The van der Waals surface area contributed by atoms with E-state index < -0.39 is 6.10 Å². The lowest BCUT2D eigenvalue weighted by Crippen LogP contribution is -2.51. The number of carbonyl (C=O) groups is 1. The summed E-state index contributed by atoms with van der Waals surface area (Å²) in [6, 6.07) is 7.39. The Morgan fingerprint density at radius 1 is 1.33 bits per heavy atom. The maximum Gasteiger partial charge on any atom is 0.263 e. The molecule has 0 aliphatic carbocycles. The average molecular weight is 292 g/mol. The van der Waals surface area contributed by atoms with E-state index in [-0.39, 0.29) is 11.9 Å². The monoisotopic (exact) mass is 292 g/mol. The Kier molecular flexibility index (Phi) is 5.44. The number of hydrogen-bond acceptors (Lipinski definition) is 4. The Morgan fingerprint density at radius 2 is 2.00 bits per heavy atom. The van der Waals surface area contributed by atoms with Gasteiger partial charge in [0.15, 0.2) is 6.10 Å². The first-order valence-electron chi connectivity index (χ1n) is 7.47. The van der Waals surface area contributed by atoms with E-state index in [1.165, 1.54) is 0 Å². The number of piperidine rings is 1. The predicted molar refractivity (Wildman–Crippen MR) is 81.5 cm³/mol. The van der Waals surface area contributed by atoms with Gasteiger partial charge in [0.2, 0.25) is 0 Å². The van der Waals surface area contributed by atoms with Gasteiger partial charge in [-0.3, -0.25) is 4.79 Å². The molecular formula is C16H24N2O3. The number of rotatable bonds is 5. The predicted octanol–water partition coefficient (Wildman–Crippen LogP) is 1.80. The van der Waals surface area contributed by atoms with Crippen molar-refractivity contribution in [3.05, 3.63) is 24.3 Å². The van der Waals surface area contributed by atoms with Gasteiger partial charge in [-0.2, -0.15) is 0 Å². The van der Waals surface area contributed by atoms with Crippen LogP contribution >= 0.6 is 0 Å². The highest BCUT2D eigenvalue weighted by molar-refractivity contribution is 5.81. The SMILES string of the molecule is COc1ccc(OC(C)C(=O)N2CCCCC2CN)cc1. The number of ether oxygens (including phenoxy) is 2. The van der Waals surface area contributed by atoms with Crippen LogP contribution in [0.25, 0.3) is 0 Å². The van der Waals surface area contributed by atoms with Crippen LogP contribution in [0, 0.1) is 0 Å². The Morgan fingerprint density at radius 3 is 2.62 bits per heavy atom. The van der Waals surface area contributed by atoms with Crippen LogP contribution in [0.15, 0.2) is 24.3 Å². The van der Waals surface area contributed by atoms with E-state index in [2.05, 4.69) is 0 Å². The molecule has 0 bridgehead atoms. The fourth-order valence-corrected chi connectivity index (χ4v) is 2.68. The summed E-state index contributed by atoms with van der Waals surface area (Å²) >= 11 is 0. The minimum Gasteiger partial charge on any atom is -0.497 e. The number of likely N-dealkylation sites (tertiary alicyclic amines) is 1. The van der Waals surface area contributed by atoms with Crippen molar-refractivity contribution in [1.29, 1.82) is 0 Å². The summed E-state index contributed by atoms with van der Waals surface area (Å²) in [6.45, 7) is 3.08. The van der Waals surface area contributed by atoms with E-state index in [0.717, 1.165) is 31.6 Å². The van der Waals surface area contributed by atoms with Crippen molar-refractivity contribution < 1.29 is 14.3 Å². The van der Waals surface area contributed by atoms with Crippen molar-refractivity contribution in [1.82, 2.24) is 4.90 Å². The number of amides is 1. The lowest BCUT2D eigenvalue weighted by Gasteiger charge is -2.36. The van der Waals surface area contributed by atoms with Crippen molar-refractivity contribution in [2.75, 3.05) is 20.2 Å². The van der Waals surface area contributed by atoms with E-state index >= 15 is 0 Å². The van der Waals surface area contributed by atoms with Gasteiger partial charge < -0.3 is 20.1 Å². The third-order valence-electron chi connectivity index (χ3n) is 3.90. The second-order valence-corrected chi connectivity index (χ2v) is 5.35. The summed E-state index contributed by atoms with van der Waals surface area (Å²) in [5.74, 6) is 1.44. The topological polar surface area (TPSA) is 64.8 Å². The zero-order chi connectivity index (χ0) is 15.2. The average Bonchev–Trinajstić information content (AvgIpc) is 2.54. The van der Waals surface area contributed by atoms with Gasteiger partial charge in [0.25, 0.3) is 5.91 Å². The van der Waals surface area contributed by atoms with Crippen LogP contribution in [0.2, 0.25) is 0 Å². The first-order chi connectivity index (χ1) is 10.2. The van der Waals surface area contributed by atoms with Crippen LogP contribution < -0.4 is 15.2 Å². The molecule has 0 radical (unpaired) electrons. The number of nitrogens with zero attached hydrogens (tertiary/aromatic N) is 1. The summed E-state index contributed by atoms with van der Waals surface area (Å²) in [5, 5.41) is 0. The molecule has 5 heteroatoms. The number of carbonyl (C=O) groups excluding carboxylic acids is 1. The quantitative estimate of drug-likeness (QED) is 0.899. The molecule has 21 heavy (non-hydrogen) atoms. The Bertz CT molecular complexity index is 461. The van der Waals surface area contributed by atoms with Gasteiger partial charge in [0.1, 0.15) is 11.5 Å². The summed E-state index contributed by atoms with van der Waals surface area (Å²) in [6.07, 6.45) is 2.65. The highest BCUT2D eigenvalue weighted by atomic mass is 16.5. The molecule has 0 saturated carbocycles. The van der Waals surface area contributed by atoms with Crippen molar-refractivity contribution in [3.63, 3.8) is 0 Å². The summed E-state index contributed by atoms with van der Waals surface area (Å²) < 4.78 is 10.8. The number of nitrogens with two attached hydrogens (primary N) is 1. The van der Waals surface area contributed by atoms with Crippen LogP contribution in [0.5, 0.6) is 11.5 Å². The van der Waals surface area contributed by atoms with Gasteiger partial charge in [0, 0.05) is 19.1 Å². The molecule has 1 aliphatic rings. The van der Waals surface area contributed by atoms with E-state index in [1.54, 1.807) is 26.2 Å². The molecule has 2 N–H and O–H groups in total. The van der Waals surface area contributed by atoms with Gasteiger partial charge >= 0.3 is 0 Å². The molecule has 5 nitrogen and oxygen atoms in total.